The van der Waals surface area contributed by atoms with E-state index in [4.69, 9.17) is 0 Å². The molecule has 0 amide bonds. The highest BCUT2D eigenvalue weighted by atomic mass is 32.2. The number of hydrogen-bond acceptors (Lipinski definition) is 5. The molecule has 4 heterocycles. The Morgan fingerprint density at radius 3 is 2.29 bits per heavy atom. The fraction of sp³-hybridized carbons (Fsp3) is 0.216. The van der Waals surface area contributed by atoms with E-state index in [-0.39, 0.29) is 0 Å². The quantitative estimate of drug-likeness (QED) is 0.103. The molecule has 45 heavy (non-hydrogen) atoms. The van der Waals surface area contributed by atoms with Crippen molar-refractivity contribution in [2.24, 2.45) is 21.1 Å². The van der Waals surface area contributed by atoms with E-state index in [0.717, 1.165) is 6.42 Å². The van der Waals surface area contributed by atoms with Crippen molar-refractivity contribution in [3.05, 3.63) is 119 Å². The third kappa shape index (κ3) is 7.41. The van der Waals surface area contributed by atoms with Crippen molar-refractivity contribution in [3.63, 3.8) is 0 Å². The van der Waals surface area contributed by atoms with Crippen molar-refractivity contribution in [3.8, 4) is 0 Å². The zero-order valence-electron chi connectivity index (χ0n) is 26.4. The van der Waals surface area contributed by atoms with Crippen LogP contribution in [0.2, 0.25) is 0 Å². The number of rotatable bonds is 11. The number of thioether (sulfide) groups is 1. The summed E-state index contributed by atoms with van der Waals surface area (Å²) in [5, 5.41) is 4.98. The molecule has 0 unspecified atom stereocenters. The van der Waals surface area contributed by atoms with Gasteiger partial charge < -0.3 is 14.0 Å². The lowest BCUT2D eigenvalue weighted by molar-refractivity contribution is -0.642. The van der Waals surface area contributed by atoms with E-state index in [0.29, 0.717) is 0 Å². The fourth-order valence-corrected chi connectivity index (χ4v) is 9.05. The van der Waals surface area contributed by atoms with Crippen molar-refractivity contribution in [1.29, 1.82) is 0 Å². The maximum atomic E-state index is 2.31. The number of aromatic nitrogens is 3. The molecular formula is C37H39N4S4+. The fourth-order valence-electron chi connectivity index (χ4n) is 5.17. The number of nitrogens with zero attached hydrogens (tertiary/aromatic N) is 4. The van der Waals surface area contributed by atoms with E-state index in [1.165, 1.54) is 69.1 Å². The van der Waals surface area contributed by atoms with Crippen LogP contribution in [0, 0.1) is 0 Å². The second-order valence-electron chi connectivity index (χ2n) is 11.1. The number of aryl methyl sites for hydroxylation is 3. The number of fused-ring (bicyclic) bond motifs is 2. The molecule has 0 fully saturated rings. The Morgan fingerprint density at radius 1 is 0.889 bits per heavy atom. The lowest BCUT2D eigenvalue weighted by Crippen LogP contribution is -2.28. The molecule has 230 valence electrons. The Kier molecular flexibility index (Phi) is 10.1. The van der Waals surface area contributed by atoms with Crippen molar-refractivity contribution >= 4 is 68.6 Å². The van der Waals surface area contributed by atoms with Gasteiger partial charge in [-0.3, -0.25) is 0 Å². The Morgan fingerprint density at radius 2 is 1.60 bits per heavy atom. The van der Waals surface area contributed by atoms with E-state index in [9.17, 15) is 0 Å². The highest BCUT2D eigenvalue weighted by molar-refractivity contribution is 8.03. The van der Waals surface area contributed by atoms with Crippen LogP contribution in [0.3, 0.4) is 0 Å². The van der Waals surface area contributed by atoms with E-state index < -0.39 is 0 Å². The monoisotopic (exact) mass is 667 g/mol. The van der Waals surface area contributed by atoms with Gasteiger partial charge in [0.15, 0.2) is 0 Å². The molecule has 4 nitrogen and oxygen atoms in total. The topological polar surface area (TPSA) is 17.0 Å². The van der Waals surface area contributed by atoms with Crippen LogP contribution in [-0.4, -0.2) is 16.2 Å². The summed E-state index contributed by atoms with van der Waals surface area (Å²) in [7, 11) is 8.52. The standard InChI is InChI=1S/C37H39N4S4/c1-6-7-12-27(13-8-15-36-40(4)30-25-28(19-21-32(30)44-36)42-34-17-10-23-38(34)2)14-9-16-37-41(5)31-26-29(20-22-33(31)45-37)43-35-18-11-24-39(35)3/h8-11,13-26H,6-7,12H2,1-5H3/q+1. The molecule has 1 aliphatic heterocycles. The molecule has 8 heteroatoms. The number of hydrogen-bond donors (Lipinski definition) is 0. The van der Waals surface area contributed by atoms with Crippen LogP contribution >= 0.6 is 46.6 Å². The van der Waals surface area contributed by atoms with Gasteiger partial charge in [0.1, 0.15) is 11.7 Å². The van der Waals surface area contributed by atoms with Crippen LogP contribution in [0.4, 0.5) is 5.69 Å². The highest BCUT2D eigenvalue weighted by Gasteiger charge is 2.22. The molecule has 0 spiro atoms. The van der Waals surface area contributed by atoms with Gasteiger partial charge in [-0.05, 0) is 79.1 Å². The minimum absolute atomic E-state index is 1.07. The molecule has 0 atom stereocenters. The Bertz CT molecular complexity index is 1930. The van der Waals surface area contributed by atoms with Gasteiger partial charge in [-0.1, -0.05) is 84.3 Å². The first-order valence-corrected chi connectivity index (χ1v) is 18.5. The molecule has 0 N–H and O–H groups in total. The predicted octanol–water partition coefficient (Wildman–Crippen LogP) is 10.5. The van der Waals surface area contributed by atoms with Crippen molar-refractivity contribution in [2.75, 3.05) is 11.9 Å². The van der Waals surface area contributed by atoms with E-state index in [2.05, 4.69) is 163 Å². The number of thiazole rings is 1. The van der Waals surface area contributed by atoms with Gasteiger partial charge in [0.25, 0.3) is 5.01 Å². The predicted molar refractivity (Wildman–Crippen MR) is 197 cm³/mol. The van der Waals surface area contributed by atoms with Gasteiger partial charge in [0.05, 0.1) is 20.8 Å². The molecule has 0 saturated carbocycles. The van der Waals surface area contributed by atoms with Crippen molar-refractivity contribution in [2.45, 2.75) is 50.9 Å². The summed E-state index contributed by atoms with van der Waals surface area (Å²) in [6.45, 7) is 2.26. The number of allylic oxidation sites excluding steroid dienone is 6. The molecule has 3 aromatic heterocycles. The maximum absolute atomic E-state index is 2.31. The summed E-state index contributed by atoms with van der Waals surface area (Å²) in [6.07, 6.45) is 21.1. The largest absolute Gasteiger partial charge is 0.346 e. The van der Waals surface area contributed by atoms with Crippen LogP contribution in [0.25, 0.3) is 16.3 Å². The first-order chi connectivity index (χ1) is 21.9. The Hall–Kier alpha value is -3.30. The number of anilines is 1. The zero-order chi connectivity index (χ0) is 31.3. The van der Waals surface area contributed by atoms with E-state index >= 15 is 0 Å². The molecule has 0 bridgehead atoms. The maximum Gasteiger partial charge on any atom is 0.262 e. The number of benzene rings is 2. The van der Waals surface area contributed by atoms with Gasteiger partial charge in [-0.15, -0.1) is 0 Å². The Labute approximate surface area is 283 Å². The van der Waals surface area contributed by atoms with Gasteiger partial charge in [-0.25, -0.2) is 0 Å². The molecule has 0 saturated heterocycles. The third-order valence-electron chi connectivity index (χ3n) is 7.83. The molecule has 2 aromatic carbocycles. The van der Waals surface area contributed by atoms with E-state index in [1.54, 1.807) is 23.5 Å². The van der Waals surface area contributed by atoms with Crippen LogP contribution in [-0.2, 0) is 21.1 Å². The smallest absolute Gasteiger partial charge is 0.262 e. The summed E-state index contributed by atoms with van der Waals surface area (Å²) in [5.41, 5.74) is 3.88. The van der Waals surface area contributed by atoms with Crippen molar-refractivity contribution < 1.29 is 4.57 Å². The molecule has 1 aliphatic rings. The SMILES string of the molecule is CCCCC(/C=C/C=C1\Sc2ccc(Sc3cccn3C)cc2N1C)=C\C=C\c1sc2ccc(Sc3cccn3C)cc2[n+]1C. The molecule has 5 aromatic rings. The summed E-state index contributed by atoms with van der Waals surface area (Å²) < 4.78 is 7.94. The minimum atomic E-state index is 1.07. The first-order valence-electron chi connectivity index (χ1n) is 15.2. The summed E-state index contributed by atoms with van der Waals surface area (Å²) in [6, 6.07) is 22.1. The van der Waals surface area contributed by atoms with Gasteiger partial charge in [0, 0.05) is 60.4 Å². The van der Waals surface area contributed by atoms with Crippen LogP contribution in [0.15, 0.2) is 139 Å². The molecule has 0 aliphatic carbocycles. The molecule has 6 rings (SSSR count). The zero-order valence-corrected chi connectivity index (χ0v) is 29.7. The Balaban J connectivity index is 1.15. The summed E-state index contributed by atoms with van der Waals surface area (Å²) >= 11 is 7.29. The average molecular weight is 668 g/mol. The second kappa shape index (κ2) is 14.4. The summed E-state index contributed by atoms with van der Waals surface area (Å²) in [5.74, 6) is 0. The van der Waals surface area contributed by atoms with Crippen LogP contribution in [0.5, 0.6) is 0 Å². The second-order valence-corrected chi connectivity index (χ2v) is 15.4. The lowest BCUT2D eigenvalue weighted by atomic mass is 10.1. The normalized spacial score (nSPS) is 14.6. The summed E-state index contributed by atoms with van der Waals surface area (Å²) in [4.78, 5) is 6.13. The lowest BCUT2D eigenvalue weighted by Gasteiger charge is -2.14. The van der Waals surface area contributed by atoms with E-state index in [1.807, 2.05) is 23.1 Å². The van der Waals surface area contributed by atoms with Crippen molar-refractivity contribution in [1.82, 2.24) is 9.13 Å². The molecule has 0 radical (unpaired) electrons. The van der Waals surface area contributed by atoms with Crippen LogP contribution < -0.4 is 9.47 Å². The third-order valence-corrected chi connectivity index (χ3v) is 12.4. The number of unbranched alkanes of at least 4 members (excludes halogenated alkanes) is 1. The van der Waals surface area contributed by atoms with Gasteiger partial charge >= 0.3 is 0 Å². The van der Waals surface area contributed by atoms with Crippen LogP contribution in [0.1, 0.15) is 31.2 Å². The minimum Gasteiger partial charge on any atom is -0.346 e. The first kappa shape index (κ1) is 31.7. The molecular weight excluding hydrogens is 629 g/mol. The van der Waals surface area contributed by atoms with Gasteiger partial charge in [0.2, 0.25) is 5.52 Å². The average Bonchev–Trinajstić information content (AvgIpc) is 3.79. The van der Waals surface area contributed by atoms with Gasteiger partial charge in [-0.2, -0.15) is 4.57 Å². The highest BCUT2D eigenvalue weighted by Crippen LogP contribution is 2.47.